The van der Waals surface area contributed by atoms with Crippen molar-refractivity contribution in [3.63, 3.8) is 0 Å². The Labute approximate surface area is 209 Å². The monoisotopic (exact) mass is 513 g/mol. The van der Waals surface area contributed by atoms with Gasteiger partial charge in [0.05, 0.1) is 10.9 Å². The zero-order chi connectivity index (χ0) is 24.4. The molecule has 2 aliphatic rings. The van der Waals surface area contributed by atoms with Gasteiger partial charge in [-0.3, -0.25) is 9.69 Å². The van der Waals surface area contributed by atoms with E-state index in [2.05, 4.69) is 16.3 Å². The Bertz CT molecular complexity index is 1290. The summed E-state index contributed by atoms with van der Waals surface area (Å²) in [5.41, 5.74) is 2.09. The van der Waals surface area contributed by atoms with Crippen molar-refractivity contribution in [1.82, 2.24) is 14.1 Å². The fourth-order valence-electron chi connectivity index (χ4n) is 4.99. The van der Waals surface area contributed by atoms with Gasteiger partial charge in [-0.15, -0.1) is 11.3 Å². The van der Waals surface area contributed by atoms with Crippen molar-refractivity contribution in [3.05, 3.63) is 87.9 Å². The summed E-state index contributed by atoms with van der Waals surface area (Å²) in [4.78, 5) is 18.6. The smallest absolute Gasteiger partial charge is 0.243 e. The third kappa shape index (κ3) is 5.04. The van der Waals surface area contributed by atoms with Crippen LogP contribution in [0.1, 0.15) is 28.5 Å². The molecule has 5 rings (SSSR count). The molecule has 0 spiro atoms. The Hall–Kier alpha value is -2.59. The molecule has 0 unspecified atom stereocenters. The van der Waals surface area contributed by atoms with E-state index in [1.807, 2.05) is 6.07 Å². The second kappa shape index (κ2) is 10.2. The van der Waals surface area contributed by atoms with Gasteiger partial charge in [0, 0.05) is 50.6 Å². The van der Waals surface area contributed by atoms with Gasteiger partial charge >= 0.3 is 0 Å². The number of fused-ring (bicyclic) bond motifs is 1. The number of hydrogen-bond donors (Lipinski definition) is 0. The third-order valence-corrected chi connectivity index (χ3v) is 9.72. The summed E-state index contributed by atoms with van der Waals surface area (Å²) in [5, 5.41) is 2.08. The lowest BCUT2D eigenvalue weighted by atomic mass is 9.93. The molecule has 6 nitrogen and oxygen atoms in total. The van der Waals surface area contributed by atoms with Gasteiger partial charge in [-0.05, 0) is 53.3 Å². The van der Waals surface area contributed by atoms with Crippen LogP contribution in [-0.2, 0) is 21.2 Å². The first kappa shape index (κ1) is 24.1. The van der Waals surface area contributed by atoms with E-state index in [1.165, 1.54) is 20.8 Å². The van der Waals surface area contributed by atoms with E-state index in [0.717, 1.165) is 18.5 Å². The van der Waals surface area contributed by atoms with Crippen LogP contribution in [0.2, 0.25) is 0 Å². The van der Waals surface area contributed by atoms with Crippen LogP contribution in [0.25, 0.3) is 0 Å². The van der Waals surface area contributed by atoms with Gasteiger partial charge in [-0.2, -0.15) is 4.31 Å². The van der Waals surface area contributed by atoms with Gasteiger partial charge in [0.1, 0.15) is 5.82 Å². The number of thiophene rings is 1. The fraction of sp³-hybridized carbons (Fsp3) is 0.346. The molecule has 1 aromatic heterocycles. The Balaban J connectivity index is 1.22. The SMILES string of the molecule is O=C(CCN1CCc2sccc2[C@H]1c1cccc(F)c1)N1CCN(S(=O)(=O)c2ccccc2)CC1. The zero-order valence-corrected chi connectivity index (χ0v) is 21.0. The first-order valence-electron chi connectivity index (χ1n) is 11.8. The molecule has 0 aliphatic carbocycles. The highest BCUT2D eigenvalue weighted by molar-refractivity contribution is 7.89. The second-order valence-corrected chi connectivity index (χ2v) is 11.8. The van der Waals surface area contributed by atoms with Crippen molar-refractivity contribution >= 4 is 27.3 Å². The van der Waals surface area contributed by atoms with Crippen molar-refractivity contribution in [2.24, 2.45) is 0 Å². The molecule has 0 saturated carbocycles. The molecule has 184 valence electrons. The van der Waals surface area contributed by atoms with Gasteiger partial charge in [0.25, 0.3) is 0 Å². The normalized spacial score (nSPS) is 19.5. The van der Waals surface area contributed by atoms with E-state index in [4.69, 9.17) is 0 Å². The maximum atomic E-state index is 14.0. The summed E-state index contributed by atoms with van der Waals surface area (Å²) in [6, 6.07) is 17.2. The highest BCUT2D eigenvalue weighted by Crippen LogP contribution is 2.38. The molecule has 1 fully saturated rings. The molecule has 1 amide bonds. The number of piperazine rings is 1. The molecule has 9 heteroatoms. The number of carbonyl (C=O) groups excluding carboxylic acids is 1. The summed E-state index contributed by atoms with van der Waals surface area (Å²) in [6.45, 7) is 2.72. The summed E-state index contributed by atoms with van der Waals surface area (Å²) in [7, 11) is -3.55. The number of rotatable bonds is 6. The minimum absolute atomic E-state index is 0.0240. The second-order valence-electron chi connectivity index (χ2n) is 8.89. The lowest BCUT2D eigenvalue weighted by Gasteiger charge is -2.37. The van der Waals surface area contributed by atoms with Crippen LogP contribution in [0, 0.1) is 5.82 Å². The quantitative estimate of drug-likeness (QED) is 0.504. The van der Waals surface area contributed by atoms with Gasteiger partial charge < -0.3 is 4.90 Å². The number of carbonyl (C=O) groups is 1. The largest absolute Gasteiger partial charge is 0.340 e. The van der Waals surface area contributed by atoms with Crippen LogP contribution in [-0.4, -0.2) is 67.7 Å². The third-order valence-electron chi connectivity index (χ3n) is 6.82. The maximum absolute atomic E-state index is 14.0. The minimum atomic E-state index is -3.55. The molecule has 1 atom stereocenters. The average Bonchev–Trinajstić information content (AvgIpc) is 3.36. The van der Waals surface area contributed by atoms with Crippen molar-refractivity contribution in [2.45, 2.75) is 23.8 Å². The first-order chi connectivity index (χ1) is 16.9. The minimum Gasteiger partial charge on any atom is -0.340 e. The van der Waals surface area contributed by atoms with Gasteiger partial charge in [0.2, 0.25) is 15.9 Å². The zero-order valence-electron chi connectivity index (χ0n) is 19.3. The van der Waals surface area contributed by atoms with E-state index in [0.29, 0.717) is 26.1 Å². The van der Waals surface area contributed by atoms with Gasteiger partial charge in [-0.25, -0.2) is 12.8 Å². The molecule has 3 aromatic rings. The highest BCUT2D eigenvalue weighted by atomic mass is 32.2. The van der Waals surface area contributed by atoms with E-state index < -0.39 is 10.0 Å². The molecule has 35 heavy (non-hydrogen) atoms. The summed E-state index contributed by atoms with van der Waals surface area (Å²) in [6.07, 6.45) is 1.26. The molecule has 2 aliphatic heterocycles. The standard InChI is InChI=1S/C26H28FN3O3S2/c27-21-6-4-5-20(19-21)26-23-11-18-34-24(23)9-12-29(26)13-10-25(31)28-14-16-30(17-15-28)35(32,33)22-7-2-1-3-8-22/h1-8,11,18-19,26H,9-10,12-17H2/t26-/m1/s1. The van der Waals surface area contributed by atoms with Gasteiger partial charge in [-0.1, -0.05) is 30.3 Å². The van der Waals surface area contributed by atoms with E-state index in [1.54, 1.807) is 58.7 Å². The molecular formula is C26H28FN3O3S2. The number of nitrogens with zero attached hydrogens (tertiary/aromatic N) is 3. The average molecular weight is 514 g/mol. The van der Waals surface area contributed by atoms with E-state index in [-0.39, 0.29) is 35.8 Å². The van der Waals surface area contributed by atoms with E-state index in [9.17, 15) is 17.6 Å². The molecule has 2 aromatic carbocycles. The van der Waals surface area contributed by atoms with Gasteiger partial charge in [0.15, 0.2) is 0 Å². The van der Waals surface area contributed by atoms with Crippen LogP contribution in [0.15, 0.2) is 70.9 Å². The number of benzene rings is 2. The topological polar surface area (TPSA) is 60.9 Å². The lowest BCUT2D eigenvalue weighted by molar-refractivity contribution is -0.132. The molecule has 0 N–H and O–H groups in total. The number of sulfonamides is 1. The molecule has 3 heterocycles. The predicted molar refractivity (Wildman–Crippen MR) is 134 cm³/mol. The van der Waals surface area contributed by atoms with Crippen LogP contribution in [0.4, 0.5) is 4.39 Å². The Morgan fingerprint density at radius 1 is 0.971 bits per heavy atom. The van der Waals surface area contributed by atoms with Crippen molar-refractivity contribution in [3.8, 4) is 0 Å². The Kier molecular flexibility index (Phi) is 7.02. The summed E-state index contributed by atoms with van der Waals surface area (Å²) < 4.78 is 41.2. The van der Waals surface area contributed by atoms with E-state index >= 15 is 0 Å². The molecule has 1 saturated heterocycles. The van der Waals surface area contributed by atoms with Crippen molar-refractivity contribution in [1.29, 1.82) is 0 Å². The summed E-state index contributed by atoms with van der Waals surface area (Å²) >= 11 is 1.73. The van der Waals surface area contributed by atoms with Crippen LogP contribution in [0.5, 0.6) is 0 Å². The van der Waals surface area contributed by atoms with Crippen molar-refractivity contribution in [2.75, 3.05) is 39.3 Å². The first-order valence-corrected chi connectivity index (χ1v) is 14.1. The highest BCUT2D eigenvalue weighted by Gasteiger charge is 2.32. The molecular weight excluding hydrogens is 485 g/mol. The Morgan fingerprint density at radius 2 is 1.74 bits per heavy atom. The fourth-order valence-corrected chi connectivity index (χ4v) is 7.34. The number of halogens is 1. The van der Waals surface area contributed by atoms with Crippen molar-refractivity contribution < 1.29 is 17.6 Å². The molecule has 0 radical (unpaired) electrons. The van der Waals surface area contributed by atoms with Crippen LogP contribution < -0.4 is 0 Å². The van der Waals surface area contributed by atoms with Crippen LogP contribution in [0.3, 0.4) is 0 Å². The Morgan fingerprint density at radius 3 is 2.49 bits per heavy atom. The number of amides is 1. The maximum Gasteiger partial charge on any atom is 0.243 e. The van der Waals surface area contributed by atoms with Crippen LogP contribution >= 0.6 is 11.3 Å². The molecule has 0 bridgehead atoms. The predicted octanol–water partition coefficient (Wildman–Crippen LogP) is 3.76. The lowest BCUT2D eigenvalue weighted by Crippen LogP contribution is -2.51. The summed E-state index contributed by atoms with van der Waals surface area (Å²) in [5.74, 6) is -0.236. The number of hydrogen-bond acceptors (Lipinski definition) is 5.